The van der Waals surface area contributed by atoms with Crippen LogP contribution in [0.4, 0.5) is 0 Å². The Labute approximate surface area is 181 Å². The lowest BCUT2D eigenvalue weighted by Crippen LogP contribution is -2.33. The van der Waals surface area contributed by atoms with E-state index in [1.165, 1.54) is 4.57 Å². The Morgan fingerprint density at radius 3 is 2.32 bits per heavy atom. The third-order valence-electron chi connectivity index (χ3n) is 5.31. The van der Waals surface area contributed by atoms with E-state index in [-0.39, 0.29) is 11.3 Å². The lowest BCUT2D eigenvalue weighted by Gasteiger charge is -2.28. The summed E-state index contributed by atoms with van der Waals surface area (Å²) in [4.78, 5) is 25.5. The van der Waals surface area contributed by atoms with Gasteiger partial charge in [-0.05, 0) is 68.8 Å². The van der Waals surface area contributed by atoms with Crippen LogP contribution in [0.3, 0.4) is 0 Å². The second kappa shape index (κ2) is 8.01. The fourth-order valence-electron chi connectivity index (χ4n) is 3.69. The second-order valence-electron chi connectivity index (χ2n) is 8.74. The van der Waals surface area contributed by atoms with Crippen molar-refractivity contribution >= 4 is 16.7 Å². The molecule has 0 bridgehead atoms. The number of carboxylic acids is 1. The molecule has 6 heteroatoms. The van der Waals surface area contributed by atoms with E-state index in [0.29, 0.717) is 21.9 Å². The van der Waals surface area contributed by atoms with Crippen LogP contribution in [0.25, 0.3) is 21.9 Å². The average molecular weight is 418 g/mol. The Morgan fingerprint density at radius 1 is 1.10 bits per heavy atom. The van der Waals surface area contributed by atoms with Crippen LogP contribution in [0.2, 0.25) is 0 Å². The predicted molar refractivity (Wildman–Crippen MR) is 120 cm³/mol. The molecular formula is C25H26N2O4. The normalized spacial score (nSPS) is 12.5. The smallest absolute Gasteiger partial charge is 0.339 e. The van der Waals surface area contributed by atoms with Crippen molar-refractivity contribution in [2.75, 3.05) is 0 Å². The monoisotopic (exact) mass is 418 g/mol. The van der Waals surface area contributed by atoms with Gasteiger partial charge >= 0.3 is 5.97 Å². The molecule has 1 aromatic heterocycles. The highest BCUT2D eigenvalue weighted by molar-refractivity contribution is 5.99. The molecule has 0 saturated heterocycles. The molecule has 31 heavy (non-hydrogen) atoms. The van der Waals surface area contributed by atoms with Crippen LogP contribution in [0.1, 0.15) is 49.3 Å². The Bertz CT molecular complexity index is 1290. The van der Waals surface area contributed by atoms with Gasteiger partial charge in [0.05, 0.1) is 22.9 Å². The molecule has 0 amide bonds. The van der Waals surface area contributed by atoms with Crippen LogP contribution in [-0.2, 0) is 16.6 Å². The number of nitrogens with zero attached hydrogens (tertiary/aromatic N) is 2. The fourth-order valence-corrected chi connectivity index (χ4v) is 3.69. The molecule has 1 unspecified atom stereocenters. The first-order chi connectivity index (χ1) is 14.4. The largest absolute Gasteiger partial charge is 0.479 e. The minimum atomic E-state index is -1.35. The molecule has 3 rings (SSSR count). The number of ether oxygens (including phenoxy) is 1. The zero-order valence-corrected chi connectivity index (χ0v) is 18.6. The Morgan fingerprint density at radius 2 is 1.77 bits per heavy atom. The number of rotatable bonds is 4. The van der Waals surface area contributed by atoms with E-state index in [0.717, 1.165) is 16.7 Å². The lowest BCUT2D eigenvalue weighted by atomic mass is 9.92. The van der Waals surface area contributed by atoms with Crippen LogP contribution in [-0.4, -0.2) is 21.2 Å². The zero-order valence-electron chi connectivity index (χ0n) is 18.6. The van der Waals surface area contributed by atoms with Crippen molar-refractivity contribution < 1.29 is 14.6 Å². The first-order valence-corrected chi connectivity index (χ1v) is 9.99. The third kappa shape index (κ3) is 4.23. The first-order valence-electron chi connectivity index (χ1n) is 9.99. The summed E-state index contributed by atoms with van der Waals surface area (Å²) in [5.41, 5.74) is 3.05. The van der Waals surface area contributed by atoms with E-state index in [2.05, 4.69) is 6.07 Å². The van der Waals surface area contributed by atoms with Gasteiger partial charge < -0.3 is 14.4 Å². The van der Waals surface area contributed by atoms with Crippen LogP contribution in [0, 0.1) is 25.2 Å². The van der Waals surface area contributed by atoms with E-state index in [1.807, 2.05) is 32.0 Å². The van der Waals surface area contributed by atoms with Crippen molar-refractivity contribution in [1.82, 2.24) is 4.57 Å². The number of aromatic nitrogens is 1. The summed E-state index contributed by atoms with van der Waals surface area (Å²) in [5.74, 6) is -1.18. The Balaban J connectivity index is 2.52. The number of benzene rings is 2. The molecule has 0 radical (unpaired) electrons. The number of aliphatic carboxylic acids is 1. The number of fused-ring (bicyclic) bond motifs is 1. The van der Waals surface area contributed by atoms with Crippen molar-refractivity contribution in [3.8, 4) is 17.2 Å². The molecule has 2 aromatic carbocycles. The maximum Gasteiger partial charge on any atom is 0.339 e. The minimum absolute atomic E-state index is 0.271. The van der Waals surface area contributed by atoms with Gasteiger partial charge in [-0.15, -0.1) is 0 Å². The van der Waals surface area contributed by atoms with Crippen molar-refractivity contribution in [3.63, 3.8) is 0 Å². The predicted octanol–water partition coefficient (Wildman–Crippen LogP) is 4.63. The quantitative estimate of drug-likeness (QED) is 0.667. The molecule has 0 fully saturated rings. The molecular weight excluding hydrogens is 392 g/mol. The van der Waals surface area contributed by atoms with Crippen molar-refractivity contribution in [2.45, 2.75) is 46.3 Å². The maximum absolute atomic E-state index is 13.2. The number of hydrogen-bond acceptors (Lipinski definition) is 4. The highest BCUT2D eigenvalue weighted by Crippen LogP contribution is 2.37. The summed E-state index contributed by atoms with van der Waals surface area (Å²) in [6.45, 7) is 9.31. The van der Waals surface area contributed by atoms with Crippen LogP contribution >= 0.6 is 0 Å². The molecule has 0 aliphatic rings. The second-order valence-corrected chi connectivity index (χ2v) is 8.74. The number of aryl methyl sites for hydroxylation is 2. The maximum atomic E-state index is 13.2. The molecule has 3 aromatic rings. The van der Waals surface area contributed by atoms with E-state index in [4.69, 9.17) is 4.74 Å². The van der Waals surface area contributed by atoms with Gasteiger partial charge in [0.2, 0.25) is 0 Å². The Hall–Kier alpha value is -3.43. The Kier molecular flexibility index (Phi) is 5.75. The highest BCUT2D eigenvalue weighted by Gasteiger charge is 2.33. The molecule has 0 aliphatic heterocycles. The number of nitriles is 1. The van der Waals surface area contributed by atoms with Crippen molar-refractivity contribution in [1.29, 1.82) is 5.26 Å². The van der Waals surface area contributed by atoms with E-state index >= 15 is 0 Å². The average Bonchev–Trinajstić information content (AvgIpc) is 2.70. The number of hydrogen-bond donors (Lipinski definition) is 1. The number of carboxylic acid groups (broad SMARTS) is 1. The standard InChI is InChI=1S/C25H26N2O4/c1-14-7-9-17(11-15(14)2)20-18-10-8-16(13-26)12-19(18)23(28)27(6)21(20)22(24(29)30)31-25(3,4)5/h7-12,22H,1-6H3,(H,29,30). The molecule has 1 heterocycles. The molecule has 6 nitrogen and oxygen atoms in total. The third-order valence-corrected chi connectivity index (χ3v) is 5.31. The summed E-state index contributed by atoms with van der Waals surface area (Å²) in [6.07, 6.45) is -1.35. The SMILES string of the molecule is Cc1ccc(-c2c(C(OC(C)(C)C)C(=O)O)n(C)c(=O)c3cc(C#N)ccc23)cc1C. The molecule has 1 N–H and O–H groups in total. The summed E-state index contributed by atoms with van der Waals surface area (Å²) < 4.78 is 7.25. The van der Waals surface area contributed by atoms with Gasteiger partial charge in [0, 0.05) is 18.0 Å². The van der Waals surface area contributed by atoms with E-state index in [9.17, 15) is 20.0 Å². The van der Waals surface area contributed by atoms with Gasteiger partial charge in [-0.2, -0.15) is 5.26 Å². The molecule has 0 aliphatic carbocycles. The number of pyridine rings is 1. The minimum Gasteiger partial charge on any atom is -0.479 e. The van der Waals surface area contributed by atoms with E-state index in [1.54, 1.807) is 46.0 Å². The molecule has 0 saturated carbocycles. The van der Waals surface area contributed by atoms with E-state index < -0.39 is 17.7 Å². The van der Waals surface area contributed by atoms with Gasteiger partial charge in [0.25, 0.3) is 5.56 Å². The summed E-state index contributed by atoms with van der Waals surface area (Å²) >= 11 is 0. The summed E-state index contributed by atoms with van der Waals surface area (Å²) in [5, 5.41) is 20.3. The van der Waals surface area contributed by atoms with Gasteiger partial charge in [-0.3, -0.25) is 4.79 Å². The first kappa shape index (κ1) is 22.3. The fraction of sp³-hybridized carbons (Fsp3) is 0.320. The van der Waals surface area contributed by atoms with Crippen LogP contribution < -0.4 is 5.56 Å². The van der Waals surface area contributed by atoms with Crippen LogP contribution in [0.5, 0.6) is 0 Å². The van der Waals surface area contributed by atoms with Gasteiger partial charge in [-0.1, -0.05) is 24.3 Å². The van der Waals surface area contributed by atoms with Gasteiger partial charge in [0.15, 0.2) is 6.10 Å². The van der Waals surface area contributed by atoms with Gasteiger partial charge in [-0.25, -0.2) is 4.79 Å². The van der Waals surface area contributed by atoms with Crippen LogP contribution in [0.15, 0.2) is 41.2 Å². The zero-order chi connectivity index (χ0) is 23.1. The highest BCUT2D eigenvalue weighted by atomic mass is 16.5. The summed E-state index contributed by atoms with van der Waals surface area (Å²) in [7, 11) is 1.54. The van der Waals surface area contributed by atoms with Crippen molar-refractivity contribution in [2.24, 2.45) is 7.05 Å². The lowest BCUT2D eigenvalue weighted by molar-refractivity contribution is -0.161. The topological polar surface area (TPSA) is 92.3 Å². The van der Waals surface area contributed by atoms with Gasteiger partial charge in [0.1, 0.15) is 0 Å². The molecule has 1 atom stereocenters. The number of carbonyl (C=O) groups is 1. The summed E-state index contributed by atoms with van der Waals surface area (Å²) in [6, 6.07) is 12.8. The molecule has 160 valence electrons. The van der Waals surface area contributed by atoms with Crippen molar-refractivity contribution in [3.05, 3.63) is 69.1 Å². The molecule has 0 spiro atoms.